The van der Waals surface area contributed by atoms with Gasteiger partial charge in [-0.15, -0.1) is 4.73 Å². The third-order valence-electron chi connectivity index (χ3n) is 3.57. The number of ether oxygens (including phenoxy) is 2. The fourth-order valence-corrected chi connectivity index (χ4v) is 3.75. The van der Waals surface area contributed by atoms with Gasteiger partial charge in [0.15, 0.2) is 17.3 Å². The molecule has 0 N–H and O–H groups in total. The molecule has 2 heterocycles. The molecule has 2 aromatic heterocycles. The molecule has 144 valence electrons. The Balaban J connectivity index is 2.02. The molecular weight excluding hydrogens is 404 g/mol. The van der Waals surface area contributed by atoms with Crippen molar-refractivity contribution in [2.45, 2.75) is 17.5 Å². The van der Waals surface area contributed by atoms with Crippen molar-refractivity contribution >= 4 is 33.8 Å². The first kappa shape index (κ1) is 19.5. The number of aromatic nitrogens is 3. The molecule has 0 amide bonds. The zero-order valence-corrected chi connectivity index (χ0v) is 15.8. The van der Waals surface area contributed by atoms with E-state index in [-0.39, 0.29) is 21.9 Å². The summed E-state index contributed by atoms with van der Waals surface area (Å²) in [5.41, 5.74) is 0.814. The van der Waals surface area contributed by atoms with Crippen molar-refractivity contribution in [1.29, 1.82) is 0 Å². The molecule has 0 fully saturated rings. The van der Waals surface area contributed by atoms with Gasteiger partial charge in [-0.1, -0.05) is 11.6 Å². The van der Waals surface area contributed by atoms with Gasteiger partial charge in [0.05, 0.1) is 19.7 Å². The maximum atomic E-state index is 12.9. The summed E-state index contributed by atoms with van der Waals surface area (Å²) in [6.45, 7) is -3.13. The minimum Gasteiger partial charge on any atom is -0.609 e. The Kier molecular flexibility index (Phi) is 5.88. The maximum absolute atomic E-state index is 12.9. The average molecular weight is 418 g/mol. The molecular formula is C16H14ClF2N3O4S. The van der Waals surface area contributed by atoms with E-state index in [0.29, 0.717) is 22.2 Å². The molecule has 1 atom stereocenters. The van der Waals surface area contributed by atoms with E-state index < -0.39 is 17.8 Å². The van der Waals surface area contributed by atoms with Crippen molar-refractivity contribution in [3.05, 3.63) is 41.2 Å². The van der Waals surface area contributed by atoms with Crippen LogP contribution in [0.1, 0.15) is 5.69 Å². The number of imidazole rings is 1. The summed E-state index contributed by atoms with van der Waals surface area (Å²) in [5.74, 6) is 0.557. The minimum atomic E-state index is -3.13. The van der Waals surface area contributed by atoms with Crippen molar-refractivity contribution in [3.8, 4) is 11.5 Å². The molecule has 7 nitrogen and oxygen atoms in total. The number of rotatable bonds is 7. The Morgan fingerprint density at radius 2 is 2.04 bits per heavy atom. The molecule has 11 heteroatoms. The van der Waals surface area contributed by atoms with E-state index in [1.165, 1.54) is 38.6 Å². The highest BCUT2D eigenvalue weighted by Gasteiger charge is 2.28. The quantitative estimate of drug-likeness (QED) is 0.549. The van der Waals surface area contributed by atoms with Gasteiger partial charge >= 0.3 is 11.8 Å². The number of halogens is 3. The summed E-state index contributed by atoms with van der Waals surface area (Å²) >= 11 is 4.04. The van der Waals surface area contributed by atoms with Gasteiger partial charge in [-0.25, -0.2) is 0 Å². The van der Waals surface area contributed by atoms with Gasteiger partial charge in [-0.2, -0.15) is 13.8 Å². The molecule has 1 unspecified atom stereocenters. The van der Waals surface area contributed by atoms with Gasteiger partial charge in [0.1, 0.15) is 11.2 Å². The van der Waals surface area contributed by atoms with E-state index in [1.807, 2.05) is 0 Å². The topological polar surface area (TPSA) is 81.5 Å². The highest BCUT2D eigenvalue weighted by molar-refractivity contribution is 7.90. The number of fused-ring (bicyclic) bond motifs is 1. The van der Waals surface area contributed by atoms with Crippen LogP contribution in [-0.4, -0.2) is 40.1 Å². The number of hydrogen-bond acceptors (Lipinski definition) is 6. The number of alkyl halides is 2. The molecule has 0 bridgehead atoms. The smallest absolute Gasteiger partial charge is 0.406 e. The van der Waals surface area contributed by atoms with Gasteiger partial charge in [0.2, 0.25) is 0 Å². The maximum Gasteiger partial charge on any atom is 0.406 e. The predicted molar refractivity (Wildman–Crippen MR) is 94.8 cm³/mol. The second-order valence-corrected chi connectivity index (χ2v) is 6.95. The molecule has 3 aromatic rings. The normalized spacial score (nSPS) is 12.4. The van der Waals surface area contributed by atoms with Gasteiger partial charge in [0.25, 0.3) is 0 Å². The molecule has 0 aliphatic heterocycles. The van der Waals surface area contributed by atoms with E-state index >= 15 is 0 Å². The molecule has 3 rings (SSSR count). The van der Waals surface area contributed by atoms with Crippen molar-refractivity contribution in [2.75, 3.05) is 14.2 Å². The van der Waals surface area contributed by atoms with Crippen molar-refractivity contribution < 1.29 is 27.6 Å². The van der Waals surface area contributed by atoms with Crippen molar-refractivity contribution in [1.82, 2.24) is 14.7 Å². The number of nitrogens with zero attached hydrogens (tertiary/aromatic N) is 3. The Hall–Kier alpha value is -2.30. The number of pyridine rings is 1. The van der Waals surface area contributed by atoms with Crippen LogP contribution < -0.4 is 14.3 Å². The number of benzene rings is 1. The minimum absolute atomic E-state index is 0.149. The van der Waals surface area contributed by atoms with Crippen LogP contribution in [0.2, 0.25) is 5.02 Å². The lowest BCUT2D eigenvalue weighted by molar-refractivity contribution is -0.136. The van der Waals surface area contributed by atoms with Crippen LogP contribution in [0.4, 0.5) is 8.78 Å². The summed E-state index contributed by atoms with van der Waals surface area (Å²) in [5, 5.41) is 0.164. The standard InChI is InChI=1S/C16H14ClF2N3O4S/c1-24-13-5-6-20-11(14(13)25-2)8-27(23)16-21-10-7-9(17)3-4-12(10)22(16)26-15(18)19/h3-7,15H,8H2,1-2H3. The van der Waals surface area contributed by atoms with Gasteiger partial charge < -0.3 is 18.9 Å². The Morgan fingerprint density at radius 3 is 2.70 bits per heavy atom. The Bertz CT molecular complexity index is 957. The second-order valence-electron chi connectivity index (χ2n) is 5.17. The first-order valence-electron chi connectivity index (χ1n) is 7.52. The highest BCUT2D eigenvalue weighted by atomic mass is 35.5. The number of methoxy groups -OCH3 is 2. The summed E-state index contributed by atoms with van der Waals surface area (Å²) in [7, 11) is 2.88. The molecule has 0 saturated carbocycles. The van der Waals surface area contributed by atoms with Crippen LogP contribution >= 0.6 is 11.6 Å². The highest BCUT2D eigenvalue weighted by Crippen LogP contribution is 2.32. The molecule has 0 radical (unpaired) electrons. The fourth-order valence-electron chi connectivity index (χ4n) is 2.48. The third kappa shape index (κ3) is 4.02. The molecule has 0 spiro atoms. The molecule has 0 aliphatic carbocycles. The second kappa shape index (κ2) is 8.15. The zero-order chi connectivity index (χ0) is 19.6. The molecule has 0 saturated heterocycles. The summed E-state index contributed by atoms with van der Waals surface area (Å²) in [6.07, 6.45) is 1.46. The third-order valence-corrected chi connectivity index (χ3v) is 5.00. The fraction of sp³-hybridized carbons (Fsp3) is 0.250. The van der Waals surface area contributed by atoms with Crippen LogP contribution in [0.25, 0.3) is 11.0 Å². The number of hydrogen-bond donors (Lipinski definition) is 0. The monoisotopic (exact) mass is 417 g/mol. The van der Waals surface area contributed by atoms with E-state index in [2.05, 4.69) is 14.8 Å². The Morgan fingerprint density at radius 1 is 1.26 bits per heavy atom. The van der Waals surface area contributed by atoms with Gasteiger partial charge in [-0.05, 0) is 18.2 Å². The SMILES string of the molecule is COc1ccnc(C[S+]([O-])c2nc3cc(Cl)ccc3n2OC(F)F)c1OC. The van der Waals surface area contributed by atoms with Crippen LogP contribution in [0.5, 0.6) is 11.5 Å². The van der Waals surface area contributed by atoms with E-state index in [1.54, 1.807) is 6.07 Å². The van der Waals surface area contributed by atoms with E-state index in [4.69, 9.17) is 21.1 Å². The van der Waals surface area contributed by atoms with Crippen molar-refractivity contribution in [2.24, 2.45) is 0 Å². The van der Waals surface area contributed by atoms with Crippen molar-refractivity contribution in [3.63, 3.8) is 0 Å². The summed E-state index contributed by atoms with van der Waals surface area (Å²) < 4.78 is 49.8. The summed E-state index contributed by atoms with van der Waals surface area (Å²) in [6, 6.07) is 6.00. The van der Waals surface area contributed by atoms with Gasteiger partial charge in [0, 0.05) is 28.5 Å². The van der Waals surface area contributed by atoms with Gasteiger partial charge in [-0.3, -0.25) is 4.98 Å². The molecule has 27 heavy (non-hydrogen) atoms. The van der Waals surface area contributed by atoms with Crippen LogP contribution in [0, 0.1) is 0 Å². The lowest BCUT2D eigenvalue weighted by atomic mass is 10.3. The van der Waals surface area contributed by atoms with E-state index in [0.717, 1.165) is 4.73 Å². The Labute approximate surface area is 161 Å². The van der Waals surface area contributed by atoms with E-state index in [9.17, 15) is 13.3 Å². The van der Waals surface area contributed by atoms with Crippen LogP contribution in [0.15, 0.2) is 35.6 Å². The summed E-state index contributed by atoms with van der Waals surface area (Å²) in [4.78, 5) is 12.8. The average Bonchev–Trinajstić information content (AvgIpc) is 2.98. The molecule has 0 aliphatic rings. The first-order valence-corrected chi connectivity index (χ1v) is 9.21. The largest absolute Gasteiger partial charge is 0.609 e. The first-order chi connectivity index (χ1) is 12.9. The van der Waals surface area contributed by atoms with Crippen LogP contribution in [-0.2, 0) is 16.9 Å². The lowest BCUT2D eigenvalue weighted by Crippen LogP contribution is -2.22. The van der Waals surface area contributed by atoms with Crippen LogP contribution in [0.3, 0.4) is 0 Å². The molecule has 1 aromatic carbocycles. The lowest BCUT2D eigenvalue weighted by Gasteiger charge is -2.14. The predicted octanol–water partition coefficient (Wildman–Crippen LogP) is 3.06. The zero-order valence-electron chi connectivity index (χ0n) is 14.2.